The number of pyridine rings is 1. The summed E-state index contributed by atoms with van der Waals surface area (Å²) in [6.45, 7) is 1.71. The summed E-state index contributed by atoms with van der Waals surface area (Å²) >= 11 is 5.78. The minimum Gasteiger partial charge on any atom is -0.359 e. The van der Waals surface area contributed by atoms with Gasteiger partial charge in [0.2, 0.25) is 15.9 Å². The Balaban J connectivity index is 2.96. The van der Waals surface area contributed by atoms with Gasteiger partial charge in [0.25, 0.3) is 0 Å². The van der Waals surface area contributed by atoms with Gasteiger partial charge in [0.1, 0.15) is 10.0 Å². The quantitative estimate of drug-likeness (QED) is 0.814. The van der Waals surface area contributed by atoms with Crippen LogP contribution in [0.3, 0.4) is 0 Å². The Kier molecular flexibility index (Phi) is 5.28. The average Bonchev–Trinajstić information content (AvgIpc) is 2.37. The number of hydrogen-bond acceptors (Lipinski definition) is 4. The largest absolute Gasteiger partial charge is 0.359 e. The summed E-state index contributed by atoms with van der Waals surface area (Å²) < 4.78 is 25.6. The summed E-state index contributed by atoms with van der Waals surface area (Å²) in [5.74, 6) is -0.681. The maximum absolute atomic E-state index is 12.3. The number of halogens is 1. The number of aromatic nitrogens is 1. The Morgan fingerprint density at radius 1 is 1.58 bits per heavy atom. The topological polar surface area (TPSA) is 79.4 Å². The summed E-state index contributed by atoms with van der Waals surface area (Å²) in [6.07, 6.45) is 1.41. The number of nitrogens with zero attached hydrogens (tertiary/aromatic N) is 2. The third kappa shape index (κ3) is 3.65. The maximum Gasteiger partial charge on any atom is 0.245 e. The van der Waals surface area contributed by atoms with Crippen LogP contribution in [-0.4, -0.2) is 44.3 Å². The molecule has 1 aromatic rings. The Labute approximate surface area is 117 Å². The van der Waals surface area contributed by atoms with Crippen LogP contribution < -0.4 is 5.32 Å². The Morgan fingerprint density at radius 2 is 2.21 bits per heavy atom. The SMILES string of the molecule is CNC(=O)C(C)CN(C)S(=O)(=O)c1cccnc1Cl. The van der Waals surface area contributed by atoms with E-state index in [1.165, 1.54) is 32.4 Å². The molecule has 1 heterocycles. The summed E-state index contributed by atoms with van der Waals surface area (Å²) in [5.41, 5.74) is 0. The van der Waals surface area contributed by atoms with Crippen LogP contribution in [0.15, 0.2) is 23.2 Å². The van der Waals surface area contributed by atoms with Crippen LogP contribution in [0.1, 0.15) is 6.92 Å². The van der Waals surface area contributed by atoms with Crippen LogP contribution in [0.2, 0.25) is 5.15 Å². The predicted octanol–water partition coefficient (Wildman–Crippen LogP) is 0.738. The highest BCUT2D eigenvalue weighted by atomic mass is 35.5. The molecule has 1 aromatic heterocycles. The zero-order chi connectivity index (χ0) is 14.6. The van der Waals surface area contributed by atoms with E-state index in [1.54, 1.807) is 6.92 Å². The van der Waals surface area contributed by atoms with Gasteiger partial charge in [-0.1, -0.05) is 18.5 Å². The van der Waals surface area contributed by atoms with Crippen molar-refractivity contribution in [3.8, 4) is 0 Å². The lowest BCUT2D eigenvalue weighted by atomic mass is 10.2. The fourth-order valence-electron chi connectivity index (χ4n) is 1.54. The lowest BCUT2D eigenvalue weighted by molar-refractivity contribution is -0.124. The van der Waals surface area contributed by atoms with Gasteiger partial charge in [-0.15, -0.1) is 0 Å². The van der Waals surface area contributed by atoms with Crippen LogP contribution >= 0.6 is 11.6 Å². The first-order valence-corrected chi connectivity index (χ1v) is 7.41. The van der Waals surface area contributed by atoms with Crippen LogP contribution in [-0.2, 0) is 14.8 Å². The second-order valence-corrected chi connectivity index (χ2v) is 6.46. The highest BCUT2D eigenvalue weighted by molar-refractivity contribution is 7.89. The fraction of sp³-hybridized carbons (Fsp3) is 0.455. The molecule has 19 heavy (non-hydrogen) atoms. The summed E-state index contributed by atoms with van der Waals surface area (Å²) in [5, 5.41) is 2.39. The molecule has 0 radical (unpaired) electrons. The molecule has 1 unspecified atom stereocenters. The molecular formula is C11H16ClN3O3S. The molecule has 0 aliphatic rings. The minimum atomic E-state index is -3.75. The summed E-state index contributed by atoms with van der Waals surface area (Å²) in [7, 11) is -0.841. The second-order valence-electron chi connectivity index (χ2n) is 4.09. The summed E-state index contributed by atoms with van der Waals surface area (Å²) in [4.78, 5) is 15.1. The highest BCUT2D eigenvalue weighted by Crippen LogP contribution is 2.21. The van der Waals surface area contributed by atoms with Crippen LogP contribution in [0, 0.1) is 5.92 Å². The van der Waals surface area contributed by atoms with E-state index in [9.17, 15) is 13.2 Å². The third-order valence-electron chi connectivity index (χ3n) is 2.64. The van der Waals surface area contributed by atoms with Gasteiger partial charge in [0.15, 0.2) is 0 Å². The number of amides is 1. The lowest BCUT2D eigenvalue weighted by Gasteiger charge is -2.20. The molecule has 1 N–H and O–H groups in total. The van der Waals surface area contributed by atoms with Crippen molar-refractivity contribution in [2.45, 2.75) is 11.8 Å². The number of nitrogens with one attached hydrogen (secondary N) is 1. The monoisotopic (exact) mass is 305 g/mol. The van der Waals surface area contributed by atoms with Gasteiger partial charge in [-0.25, -0.2) is 17.7 Å². The Bertz CT molecular complexity index is 562. The number of carbonyl (C=O) groups excluding carboxylic acids is 1. The van der Waals surface area contributed by atoms with Crippen molar-refractivity contribution in [3.05, 3.63) is 23.5 Å². The van der Waals surface area contributed by atoms with Crippen molar-refractivity contribution in [2.24, 2.45) is 5.92 Å². The Morgan fingerprint density at radius 3 is 2.74 bits per heavy atom. The minimum absolute atomic E-state index is 0.0627. The summed E-state index contributed by atoms with van der Waals surface area (Å²) in [6, 6.07) is 2.88. The van der Waals surface area contributed by atoms with Crippen molar-refractivity contribution in [3.63, 3.8) is 0 Å². The second kappa shape index (κ2) is 6.31. The molecule has 106 valence electrons. The van der Waals surface area contributed by atoms with E-state index in [4.69, 9.17) is 11.6 Å². The van der Waals surface area contributed by atoms with Crippen LogP contribution in [0.5, 0.6) is 0 Å². The first-order chi connectivity index (χ1) is 8.80. The predicted molar refractivity (Wildman–Crippen MR) is 72.3 cm³/mol. The smallest absolute Gasteiger partial charge is 0.245 e. The molecule has 0 aliphatic carbocycles. The van der Waals surface area contributed by atoms with Gasteiger partial charge in [0.05, 0.1) is 0 Å². The molecule has 0 saturated heterocycles. The number of rotatable bonds is 5. The van der Waals surface area contributed by atoms with Gasteiger partial charge in [-0.05, 0) is 12.1 Å². The lowest BCUT2D eigenvalue weighted by Crippen LogP contribution is -2.37. The maximum atomic E-state index is 12.3. The van der Waals surface area contributed by atoms with Gasteiger partial charge in [-0.3, -0.25) is 4.79 Å². The first kappa shape index (κ1) is 15.9. The number of sulfonamides is 1. The number of carbonyl (C=O) groups is 1. The molecule has 1 amide bonds. The molecular weight excluding hydrogens is 290 g/mol. The van der Waals surface area contributed by atoms with Crippen molar-refractivity contribution >= 4 is 27.5 Å². The molecule has 0 saturated carbocycles. The molecule has 1 atom stereocenters. The van der Waals surface area contributed by atoms with Crippen molar-refractivity contribution in [2.75, 3.05) is 20.6 Å². The van der Waals surface area contributed by atoms with Crippen LogP contribution in [0.25, 0.3) is 0 Å². The van der Waals surface area contributed by atoms with E-state index in [1.807, 2.05) is 0 Å². The normalized spacial score (nSPS) is 13.3. The average molecular weight is 306 g/mol. The van der Waals surface area contributed by atoms with Gasteiger partial charge in [-0.2, -0.15) is 0 Å². The molecule has 0 bridgehead atoms. The fourth-order valence-corrected chi connectivity index (χ4v) is 3.23. The molecule has 0 aromatic carbocycles. The molecule has 0 spiro atoms. The Hall–Kier alpha value is -1.18. The number of hydrogen-bond donors (Lipinski definition) is 1. The molecule has 1 rings (SSSR count). The van der Waals surface area contributed by atoms with E-state index < -0.39 is 15.9 Å². The molecule has 6 nitrogen and oxygen atoms in total. The van der Waals surface area contributed by atoms with Crippen molar-refractivity contribution in [1.29, 1.82) is 0 Å². The van der Waals surface area contributed by atoms with Crippen LogP contribution in [0.4, 0.5) is 0 Å². The molecule has 0 aliphatic heterocycles. The van der Waals surface area contributed by atoms with E-state index in [2.05, 4.69) is 10.3 Å². The van der Waals surface area contributed by atoms with E-state index in [-0.39, 0.29) is 22.5 Å². The van der Waals surface area contributed by atoms with E-state index >= 15 is 0 Å². The van der Waals surface area contributed by atoms with Gasteiger partial charge in [0, 0.05) is 32.8 Å². The van der Waals surface area contributed by atoms with E-state index in [0.29, 0.717) is 0 Å². The van der Waals surface area contributed by atoms with E-state index in [0.717, 1.165) is 4.31 Å². The zero-order valence-corrected chi connectivity index (χ0v) is 12.5. The van der Waals surface area contributed by atoms with Gasteiger partial charge >= 0.3 is 0 Å². The molecule has 8 heteroatoms. The third-order valence-corrected chi connectivity index (χ3v) is 4.91. The van der Waals surface area contributed by atoms with Crippen molar-refractivity contribution in [1.82, 2.24) is 14.6 Å². The molecule has 0 fully saturated rings. The standard InChI is InChI=1S/C11H16ClN3O3S/c1-8(11(16)13-2)7-15(3)19(17,18)9-5-4-6-14-10(9)12/h4-6,8H,7H2,1-3H3,(H,13,16). The van der Waals surface area contributed by atoms with Gasteiger partial charge < -0.3 is 5.32 Å². The van der Waals surface area contributed by atoms with Crippen molar-refractivity contribution < 1.29 is 13.2 Å². The first-order valence-electron chi connectivity index (χ1n) is 5.59. The highest BCUT2D eigenvalue weighted by Gasteiger charge is 2.26. The zero-order valence-electron chi connectivity index (χ0n) is 10.9.